The summed E-state index contributed by atoms with van der Waals surface area (Å²) in [5, 5.41) is 8.94. The van der Waals surface area contributed by atoms with Gasteiger partial charge < -0.3 is 5.11 Å². The smallest absolute Gasteiger partial charge is 0.347 e. The Morgan fingerprint density at radius 2 is 2.55 bits per heavy atom. The van der Waals surface area contributed by atoms with Crippen LogP contribution in [0.15, 0.2) is 23.3 Å². The summed E-state index contributed by atoms with van der Waals surface area (Å²) in [6.07, 6.45) is 2.51. The Labute approximate surface area is 64.1 Å². The molecule has 0 saturated heterocycles. The average molecular weight is 154 g/mol. The van der Waals surface area contributed by atoms with E-state index in [0.29, 0.717) is 6.54 Å². The van der Waals surface area contributed by atoms with E-state index in [-0.39, 0.29) is 5.69 Å². The summed E-state index contributed by atoms with van der Waals surface area (Å²) in [6.45, 7) is 1.92. The van der Waals surface area contributed by atoms with Crippen LogP contribution in [-0.4, -0.2) is 20.8 Å². The van der Waals surface area contributed by atoms with Crippen molar-refractivity contribution < 1.29 is 5.11 Å². The van der Waals surface area contributed by atoms with Gasteiger partial charge in [-0.25, -0.2) is 9.78 Å². The lowest BCUT2D eigenvalue weighted by Gasteiger charge is -2.04. The van der Waals surface area contributed by atoms with Crippen molar-refractivity contribution in [1.29, 1.82) is 0 Å². The Balaban J connectivity index is 2.87. The van der Waals surface area contributed by atoms with E-state index in [1.54, 1.807) is 19.2 Å². The van der Waals surface area contributed by atoms with Crippen LogP contribution >= 0.6 is 0 Å². The second-order valence-electron chi connectivity index (χ2n) is 2.40. The highest BCUT2D eigenvalue weighted by Crippen LogP contribution is 1.84. The Kier molecular flexibility index (Phi) is 2.38. The molecular formula is C7H10N2O2. The van der Waals surface area contributed by atoms with E-state index in [1.165, 1.54) is 10.8 Å². The predicted molar refractivity (Wildman–Crippen MR) is 40.2 cm³/mol. The molecule has 0 unspecified atom stereocenters. The molecule has 0 aliphatic carbocycles. The molecule has 0 bridgehead atoms. The molecule has 0 aromatic carbocycles. The van der Waals surface area contributed by atoms with Gasteiger partial charge in [-0.2, -0.15) is 0 Å². The molecule has 1 aromatic rings. The third-order valence-corrected chi connectivity index (χ3v) is 1.24. The fourth-order valence-corrected chi connectivity index (χ4v) is 0.811. The summed E-state index contributed by atoms with van der Waals surface area (Å²) < 4.78 is 1.37. The monoisotopic (exact) mass is 154 g/mol. The van der Waals surface area contributed by atoms with E-state index >= 15 is 0 Å². The number of aliphatic hydroxyl groups excluding tert-OH is 1. The van der Waals surface area contributed by atoms with Crippen LogP contribution in [0.1, 0.15) is 6.92 Å². The molecule has 1 N–H and O–H groups in total. The molecular weight excluding hydrogens is 144 g/mol. The van der Waals surface area contributed by atoms with Crippen molar-refractivity contribution in [3.05, 3.63) is 28.9 Å². The predicted octanol–water partition coefficient (Wildman–Crippen LogP) is -0.376. The fraction of sp³-hybridized carbons (Fsp3) is 0.429. The molecule has 0 fully saturated rings. The summed E-state index contributed by atoms with van der Waals surface area (Å²) in [6, 6.07) is 1.66. The Morgan fingerprint density at radius 3 is 3.09 bits per heavy atom. The third-order valence-electron chi connectivity index (χ3n) is 1.24. The maximum absolute atomic E-state index is 10.9. The second kappa shape index (κ2) is 3.30. The Hall–Kier alpha value is -1.16. The van der Waals surface area contributed by atoms with Crippen molar-refractivity contribution in [2.75, 3.05) is 0 Å². The molecule has 0 aliphatic rings. The molecule has 11 heavy (non-hydrogen) atoms. The molecule has 0 spiro atoms. The van der Waals surface area contributed by atoms with Crippen LogP contribution < -0.4 is 5.69 Å². The molecule has 4 heteroatoms. The van der Waals surface area contributed by atoms with Crippen molar-refractivity contribution in [1.82, 2.24) is 9.55 Å². The lowest BCUT2D eigenvalue weighted by Crippen LogP contribution is -2.26. The normalized spacial score (nSPS) is 12.9. The summed E-state index contributed by atoms with van der Waals surface area (Å²) in [5.74, 6) is 0. The zero-order valence-electron chi connectivity index (χ0n) is 6.27. The van der Waals surface area contributed by atoms with Crippen molar-refractivity contribution in [3.63, 3.8) is 0 Å². The summed E-state index contributed by atoms with van der Waals surface area (Å²) in [5.41, 5.74) is -0.326. The molecule has 1 atom stereocenters. The lowest BCUT2D eigenvalue weighted by molar-refractivity contribution is 0.171. The minimum atomic E-state index is -0.517. The Morgan fingerprint density at radius 1 is 1.82 bits per heavy atom. The summed E-state index contributed by atoms with van der Waals surface area (Å²) >= 11 is 0. The van der Waals surface area contributed by atoms with Gasteiger partial charge in [-0.15, -0.1) is 0 Å². The van der Waals surface area contributed by atoms with Gasteiger partial charge in [0.25, 0.3) is 0 Å². The first-order valence-electron chi connectivity index (χ1n) is 3.39. The molecule has 4 nitrogen and oxygen atoms in total. The van der Waals surface area contributed by atoms with Crippen LogP contribution in [0.4, 0.5) is 0 Å². The van der Waals surface area contributed by atoms with Gasteiger partial charge in [-0.3, -0.25) is 4.57 Å². The zero-order valence-corrected chi connectivity index (χ0v) is 6.27. The highest BCUT2D eigenvalue weighted by atomic mass is 16.3. The second-order valence-corrected chi connectivity index (χ2v) is 2.40. The first-order valence-corrected chi connectivity index (χ1v) is 3.39. The quantitative estimate of drug-likeness (QED) is 0.632. The number of hydrogen-bond acceptors (Lipinski definition) is 3. The average Bonchev–Trinajstić information content (AvgIpc) is 1.93. The van der Waals surface area contributed by atoms with E-state index in [4.69, 9.17) is 5.11 Å². The topological polar surface area (TPSA) is 55.1 Å². The van der Waals surface area contributed by atoms with Crippen LogP contribution in [0.5, 0.6) is 0 Å². The van der Waals surface area contributed by atoms with Gasteiger partial charge in [0.05, 0.1) is 12.6 Å². The van der Waals surface area contributed by atoms with Crippen molar-refractivity contribution in [2.45, 2.75) is 19.6 Å². The number of aromatic nitrogens is 2. The van der Waals surface area contributed by atoms with Gasteiger partial charge in [0.1, 0.15) is 0 Å². The van der Waals surface area contributed by atoms with E-state index in [1.807, 2.05) is 0 Å². The van der Waals surface area contributed by atoms with Gasteiger partial charge in [0, 0.05) is 12.4 Å². The van der Waals surface area contributed by atoms with Crippen LogP contribution in [-0.2, 0) is 6.54 Å². The third kappa shape index (κ3) is 2.16. The molecule has 0 amide bonds. The summed E-state index contributed by atoms with van der Waals surface area (Å²) in [7, 11) is 0. The SMILES string of the molecule is C[C@H](O)Cn1cccnc1=O. The number of aliphatic hydroxyl groups is 1. The summed E-state index contributed by atoms with van der Waals surface area (Å²) in [4.78, 5) is 14.4. The zero-order chi connectivity index (χ0) is 8.27. The molecule has 60 valence electrons. The number of rotatable bonds is 2. The highest BCUT2D eigenvalue weighted by Gasteiger charge is 1.98. The van der Waals surface area contributed by atoms with Crippen molar-refractivity contribution in [3.8, 4) is 0 Å². The van der Waals surface area contributed by atoms with Crippen LogP contribution in [0, 0.1) is 0 Å². The van der Waals surface area contributed by atoms with E-state index in [9.17, 15) is 4.79 Å². The lowest BCUT2D eigenvalue weighted by atomic mass is 10.4. The fourth-order valence-electron chi connectivity index (χ4n) is 0.811. The first-order chi connectivity index (χ1) is 5.20. The van der Waals surface area contributed by atoms with Crippen molar-refractivity contribution >= 4 is 0 Å². The molecule has 1 aromatic heterocycles. The minimum Gasteiger partial charge on any atom is -0.392 e. The van der Waals surface area contributed by atoms with Gasteiger partial charge in [-0.1, -0.05) is 0 Å². The molecule has 1 heterocycles. The number of nitrogens with zero attached hydrogens (tertiary/aromatic N) is 2. The van der Waals surface area contributed by atoms with Gasteiger partial charge in [-0.05, 0) is 13.0 Å². The molecule has 1 rings (SSSR count). The van der Waals surface area contributed by atoms with Crippen LogP contribution in [0.3, 0.4) is 0 Å². The maximum atomic E-state index is 10.9. The van der Waals surface area contributed by atoms with Crippen LogP contribution in [0.2, 0.25) is 0 Å². The highest BCUT2D eigenvalue weighted by molar-refractivity contribution is 4.81. The minimum absolute atomic E-state index is 0.298. The van der Waals surface area contributed by atoms with E-state index < -0.39 is 6.10 Å². The Bertz CT molecular complexity index is 280. The molecule has 0 aliphatic heterocycles. The van der Waals surface area contributed by atoms with E-state index in [0.717, 1.165) is 0 Å². The van der Waals surface area contributed by atoms with E-state index in [2.05, 4.69) is 4.98 Å². The van der Waals surface area contributed by atoms with Gasteiger partial charge in [0.15, 0.2) is 0 Å². The molecule has 0 saturated carbocycles. The van der Waals surface area contributed by atoms with Gasteiger partial charge in [0.2, 0.25) is 0 Å². The largest absolute Gasteiger partial charge is 0.392 e. The first kappa shape index (κ1) is 7.94. The van der Waals surface area contributed by atoms with Crippen LogP contribution in [0.25, 0.3) is 0 Å². The standard InChI is InChI=1S/C7H10N2O2/c1-6(10)5-9-4-2-3-8-7(9)11/h2-4,6,10H,5H2,1H3/t6-/m0/s1. The van der Waals surface area contributed by atoms with Gasteiger partial charge >= 0.3 is 5.69 Å². The molecule has 0 radical (unpaired) electrons. The maximum Gasteiger partial charge on any atom is 0.347 e. The number of hydrogen-bond donors (Lipinski definition) is 1. The van der Waals surface area contributed by atoms with Crippen molar-refractivity contribution in [2.24, 2.45) is 0 Å².